The van der Waals surface area contributed by atoms with Crippen molar-refractivity contribution in [3.05, 3.63) is 69.7 Å². The highest BCUT2D eigenvalue weighted by atomic mass is 79.9. The molecule has 1 heterocycles. The Morgan fingerprint density at radius 3 is 2.39 bits per heavy atom. The number of hydrogen-bond acceptors (Lipinski definition) is 3. The van der Waals surface area contributed by atoms with E-state index in [2.05, 4.69) is 26.6 Å². The van der Waals surface area contributed by atoms with Gasteiger partial charge < -0.3 is 20.3 Å². The molecule has 3 N–H and O–H groups in total. The van der Waals surface area contributed by atoms with Crippen molar-refractivity contribution in [3.63, 3.8) is 0 Å². The smallest absolute Gasteiger partial charge is 0.251 e. The Kier molecular flexibility index (Phi) is 7.59. The fourth-order valence-electron chi connectivity index (χ4n) is 3.05. The standard InChI is InChI=1S/C21H24BrN3O3/c22-19-3-1-2-18(14-19)21(27)24-15-16-4-6-17(7-5-16)20(26)23-8-9-25-10-12-28-13-11-25/h1-7,14H,8-13,15H2,(H,23,26)(H,24,27)/p+1. The fraction of sp³-hybridized carbons (Fsp3) is 0.333. The number of nitrogens with one attached hydrogen (secondary N) is 3. The fourth-order valence-corrected chi connectivity index (χ4v) is 3.45. The van der Waals surface area contributed by atoms with Gasteiger partial charge in [-0.3, -0.25) is 9.59 Å². The van der Waals surface area contributed by atoms with Crippen LogP contribution in [0, 0.1) is 0 Å². The SMILES string of the molecule is O=C(NCC[NH+]1CCOCC1)c1ccc(CNC(=O)c2cccc(Br)c2)cc1. The third-order valence-electron chi connectivity index (χ3n) is 4.72. The molecule has 148 valence electrons. The summed E-state index contributed by atoms with van der Waals surface area (Å²) in [6, 6.07) is 14.6. The van der Waals surface area contributed by atoms with E-state index in [1.165, 1.54) is 4.90 Å². The van der Waals surface area contributed by atoms with Crippen molar-refractivity contribution < 1.29 is 19.2 Å². The average molecular weight is 447 g/mol. The first-order valence-electron chi connectivity index (χ1n) is 9.44. The molecule has 2 aromatic rings. The van der Waals surface area contributed by atoms with Gasteiger partial charge in [-0.15, -0.1) is 0 Å². The summed E-state index contributed by atoms with van der Waals surface area (Å²) in [5.74, 6) is -0.203. The van der Waals surface area contributed by atoms with E-state index < -0.39 is 0 Å². The normalized spacial score (nSPS) is 14.5. The van der Waals surface area contributed by atoms with Crippen molar-refractivity contribution in [1.82, 2.24) is 10.6 Å². The van der Waals surface area contributed by atoms with Crippen LogP contribution in [-0.2, 0) is 11.3 Å². The summed E-state index contributed by atoms with van der Waals surface area (Å²) in [6.45, 7) is 5.55. The molecule has 0 spiro atoms. The van der Waals surface area contributed by atoms with E-state index in [0.717, 1.165) is 42.9 Å². The summed E-state index contributed by atoms with van der Waals surface area (Å²) < 4.78 is 6.20. The van der Waals surface area contributed by atoms with E-state index in [-0.39, 0.29) is 11.8 Å². The minimum atomic E-state index is -0.131. The molecule has 0 atom stereocenters. The predicted octanol–water partition coefficient (Wildman–Crippen LogP) is 1.02. The summed E-state index contributed by atoms with van der Waals surface area (Å²) in [5.41, 5.74) is 2.17. The summed E-state index contributed by atoms with van der Waals surface area (Å²) in [7, 11) is 0. The molecule has 0 unspecified atom stereocenters. The Morgan fingerprint density at radius 1 is 0.964 bits per heavy atom. The van der Waals surface area contributed by atoms with Crippen molar-refractivity contribution in [2.75, 3.05) is 39.4 Å². The molecule has 2 amide bonds. The van der Waals surface area contributed by atoms with E-state index >= 15 is 0 Å². The highest BCUT2D eigenvalue weighted by molar-refractivity contribution is 9.10. The van der Waals surface area contributed by atoms with Gasteiger partial charge in [0.15, 0.2) is 0 Å². The van der Waals surface area contributed by atoms with Crippen LogP contribution >= 0.6 is 15.9 Å². The summed E-state index contributed by atoms with van der Waals surface area (Å²) in [6.07, 6.45) is 0. The van der Waals surface area contributed by atoms with Crippen LogP contribution in [0.3, 0.4) is 0 Å². The Morgan fingerprint density at radius 2 is 1.68 bits per heavy atom. The molecule has 2 aromatic carbocycles. The maximum Gasteiger partial charge on any atom is 0.251 e. The van der Waals surface area contributed by atoms with Crippen molar-refractivity contribution >= 4 is 27.7 Å². The Labute approximate surface area is 173 Å². The molecule has 1 saturated heterocycles. The number of morpholine rings is 1. The van der Waals surface area contributed by atoms with Crippen LogP contribution in [0.4, 0.5) is 0 Å². The molecule has 1 aliphatic heterocycles. The van der Waals surface area contributed by atoms with Gasteiger partial charge in [-0.25, -0.2) is 0 Å². The molecule has 28 heavy (non-hydrogen) atoms. The maximum absolute atomic E-state index is 12.3. The van der Waals surface area contributed by atoms with Crippen molar-refractivity contribution in [2.24, 2.45) is 0 Å². The Hall–Kier alpha value is -2.22. The Balaban J connectivity index is 1.43. The van der Waals surface area contributed by atoms with Gasteiger partial charge in [0.1, 0.15) is 13.1 Å². The van der Waals surface area contributed by atoms with Crippen LogP contribution in [0.1, 0.15) is 26.3 Å². The van der Waals surface area contributed by atoms with Gasteiger partial charge in [0, 0.05) is 22.1 Å². The van der Waals surface area contributed by atoms with Gasteiger partial charge in [0.25, 0.3) is 11.8 Å². The number of hydrogen-bond donors (Lipinski definition) is 3. The topological polar surface area (TPSA) is 71.9 Å². The van der Waals surface area contributed by atoms with Crippen molar-refractivity contribution in [2.45, 2.75) is 6.54 Å². The van der Waals surface area contributed by atoms with Gasteiger partial charge >= 0.3 is 0 Å². The minimum absolute atomic E-state index is 0.0719. The first-order chi connectivity index (χ1) is 13.6. The average Bonchev–Trinajstić information content (AvgIpc) is 2.73. The molecular weight excluding hydrogens is 422 g/mol. The number of ether oxygens (including phenoxy) is 1. The molecule has 7 heteroatoms. The molecule has 0 radical (unpaired) electrons. The van der Waals surface area contributed by atoms with Crippen molar-refractivity contribution in [1.29, 1.82) is 0 Å². The first-order valence-corrected chi connectivity index (χ1v) is 10.2. The van der Waals surface area contributed by atoms with E-state index in [1.54, 1.807) is 24.3 Å². The molecular formula is C21H25BrN3O3+. The quantitative estimate of drug-likeness (QED) is 0.594. The zero-order chi connectivity index (χ0) is 19.8. The minimum Gasteiger partial charge on any atom is -0.370 e. The van der Waals surface area contributed by atoms with E-state index in [1.807, 2.05) is 24.3 Å². The molecule has 1 aliphatic rings. The summed E-state index contributed by atoms with van der Waals surface area (Å²) in [5, 5.41) is 5.86. The second kappa shape index (κ2) is 10.4. The summed E-state index contributed by atoms with van der Waals surface area (Å²) >= 11 is 3.36. The number of rotatable bonds is 7. The van der Waals surface area contributed by atoms with Gasteiger partial charge in [-0.1, -0.05) is 34.1 Å². The zero-order valence-electron chi connectivity index (χ0n) is 15.7. The van der Waals surface area contributed by atoms with Crippen LogP contribution in [0.2, 0.25) is 0 Å². The summed E-state index contributed by atoms with van der Waals surface area (Å²) in [4.78, 5) is 25.9. The van der Waals surface area contributed by atoms with Crippen LogP contribution < -0.4 is 15.5 Å². The molecule has 1 fully saturated rings. The zero-order valence-corrected chi connectivity index (χ0v) is 17.3. The Bertz CT molecular complexity index is 805. The van der Waals surface area contributed by atoms with E-state index in [9.17, 15) is 9.59 Å². The third kappa shape index (κ3) is 6.15. The van der Waals surface area contributed by atoms with Gasteiger partial charge in [0.05, 0.1) is 26.3 Å². The van der Waals surface area contributed by atoms with E-state index in [4.69, 9.17) is 4.74 Å². The highest BCUT2D eigenvalue weighted by Gasteiger charge is 2.14. The van der Waals surface area contributed by atoms with Gasteiger partial charge in [-0.2, -0.15) is 0 Å². The number of quaternary nitrogens is 1. The molecule has 0 aliphatic carbocycles. The number of halogens is 1. The second-order valence-electron chi connectivity index (χ2n) is 6.76. The lowest BCUT2D eigenvalue weighted by Gasteiger charge is -2.23. The maximum atomic E-state index is 12.3. The van der Waals surface area contributed by atoms with Gasteiger partial charge in [0.2, 0.25) is 0 Å². The third-order valence-corrected chi connectivity index (χ3v) is 5.21. The van der Waals surface area contributed by atoms with Crippen molar-refractivity contribution in [3.8, 4) is 0 Å². The monoisotopic (exact) mass is 446 g/mol. The lowest BCUT2D eigenvalue weighted by atomic mass is 10.1. The lowest BCUT2D eigenvalue weighted by Crippen LogP contribution is -3.14. The highest BCUT2D eigenvalue weighted by Crippen LogP contribution is 2.12. The molecule has 0 saturated carbocycles. The van der Waals surface area contributed by atoms with Crippen LogP contribution in [-0.4, -0.2) is 51.2 Å². The largest absolute Gasteiger partial charge is 0.370 e. The second-order valence-corrected chi connectivity index (χ2v) is 7.67. The molecule has 3 rings (SSSR count). The molecule has 0 bridgehead atoms. The molecule has 6 nitrogen and oxygen atoms in total. The number of carbonyl (C=O) groups excluding carboxylic acids is 2. The number of benzene rings is 2. The van der Waals surface area contributed by atoms with Crippen LogP contribution in [0.15, 0.2) is 53.0 Å². The molecule has 0 aromatic heterocycles. The van der Waals surface area contributed by atoms with Crippen LogP contribution in [0.25, 0.3) is 0 Å². The van der Waals surface area contributed by atoms with Gasteiger partial charge in [-0.05, 0) is 35.9 Å². The number of carbonyl (C=O) groups is 2. The number of amides is 2. The van der Waals surface area contributed by atoms with Crippen LogP contribution in [0.5, 0.6) is 0 Å². The predicted molar refractivity (Wildman–Crippen MR) is 110 cm³/mol. The first kappa shape index (κ1) is 20.5. The lowest BCUT2D eigenvalue weighted by molar-refractivity contribution is -0.906. The van der Waals surface area contributed by atoms with E-state index in [0.29, 0.717) is 24.2 Å².